The average Bonchev–Trinajstić information content (AvgIpc) is 2.75. The van der Waals surface area contributed by atoms with Crippen molar-refractivity contribution in [1.82, 2.24) is 4.57 Å². The lowest BCUT2D eigenvalue weighted by atomic mass is 10.2. The number of aryl methyl sites for hydroxylation is 1. The number of fused-ring (bicyclic) bond motifs is 1. The SMILES string of the molecule is Cc1ccc2ccn(Cc3ccc(Cl)cc3Cl)c2c1. The van der Waals surface area contributed by atoms with Crippen LogP contribution in [0.25, 0.3) is 10.9 Å². The van der Waals surface area contributed by atoms with Gasteiger partial charge >= 0.3 is 0 Å². The first kappa shape index (κ1) is 12.6. The van der Waals surface area contributed by atoms with Crippen LogP contribution in [0.5, 0.6) is 0 Å². The molecule has 3 aromatic rings. The molecule has 0 fully saturated rings. The van der Waals surface area contributed by atoms with Crippen LogP contribution >= 0.6 is 23.2 Å². The summed E-state index contributed by atoms with van der Waals surface area (Å²) in [6.45, 7) is 2.86. The summed E-state index contributed by atoms with van der Waals surface area (Å²) in [4.78, 5) is 0. The average molecular weight is 290 g/mol. The van der Waals surface area contributed by atoms with Gasteiger partial charge in [0.1, 0.15) is 0 Å². The van der Waals surface area contributed by atoms with Gasteiger partial charge in [-0.3, -0.25) is 0 Å². The van der Waals surface area contributed by atoms with Gasteiger partial charge in [-0.2, -0.15) is 0 Å². The molecule has 0 saturated heterocycles. The van der Waals surface area contributed by atoms with Crippen molar-refractivity contribution in [3.05, 3.63) is 69.8 Å². The second-order valence-corrected chi connectivity index (χ2v) is 5.59. The van der Waals surface area contributed by atoms with Crippen LogP contribution in [0.1, 0.15) is 11.1 Å². The van der Waals surface area contributed by atoms with Crippen LogP contribution < -0.4 is 0 Å². The van der Waals surface area contributed by atoms with E-state index < -0.39 is 0 Å². The van der Waals surface area contributed by atoms with Crippen molar-refractivity contribution in [2.24, 2.45) is 0 Å². The van der Waals surface area contributed by atoms with E-state index in [0.717, 1.165) is 12.1 Å². The zero-order valence-corrected chi connectivity index (χ0v) is 12.0. The van der Waals surface area contributed by atoms with Crippen LogP contribution in [0.3, 0.4) is 0 Å². The van der Waals surface area contributed by atoms with Gasteiger partial charge in [-0.1, -0.05) is 41.4 Å². The third kappa shape index (κ3) is 2.49. The fraction of sp³-hybridized carbons (Fsp3) is 0.125. The summed E-state index contributed by atoms with van der Waals surface area (Å²) >= 11 is 12.2. The molecule has 1 heterocycles. The molecule has 1 nitrogen and oxygen atoms in total. The molecule has 3 rings (SSSR count). The van der Waals surface area contributed by atoms with Gasteiger partial charge in [-0.15, -0.1) is 0 Å². The molecule has 0 saturated carbocycles. The van der Waals surface area contributed by atoms with E-state index in [9.17, 15) is 0 Å². The van der Waals surface area contributed by atoms with E-state index in [1.165, 1.54) is 16.5 Å². The highest BCUT2D eigenvalue weighted by atomic mass is 35.5. The van der Waals surface area contributed by atoms with E-state index in [4.69, 9.17) is 23.2 Å². The summed E-state index contributed by atoms with van der Waals surface area (Å²) in [7, 11) is 0. The van der Waals surface area contributed by atoms with Crippen LogP contribution in [0.2, 0.25) is 10.0 Å². The molecule has 0 atom stereocenters. The topological polar surface area (TPSA) is 4.93 Å². The predicted molar refractivity (Wildman–Crippen MR) is 82.2 cm³/mol. The third-order valence-corrected chi connectivity index (χ3v) is 3.87. The molecule has 1 aromatic heterocycles. The van der Waals surface area contributed by atoms with E-state index in [1.54, 1.807) is 6.07 Å². The molecule has 96 valence electrons. The van der Waals surface area contributed by atoms with E-state index in [-0.39, 0.29) is 0 Å². The standard InChI is InChI=1S/C16H13Cl2N/c1-11-2-3-12-6-7-19(16(12)8-11)10-13-4-5-14(17)9-15(13)18/h2-9H,10H2,1H3. The van der Waals surface area contributed by atoms with E-state index in [1.807, 2.05) is 12.1 Å². The van der Waals surface area contributed by atoms with E-state index in [0.29, 0.717) is 10.0 Å². The molecular formula is C16H13Cl2N. The minimum atomic E-state index is 0.668. The van der Waals surface area contributed by atoms with Gasteiger partial charge in [-0.25, -0.2) is 0 Å². The lowest BCUT2D eigenvalue weighted by Gasteiger charge is -2.08. The van der Waals surface area contributed by atoms with Crippen molar-refractivity contribution in [1.29, 1.82) is 0 Å². The Hall–Kier alpha value is -1.44. The zero-order chi connectivity index (χ0) is 13.4. The summed E-state index contributed by atoms with van der Waals surface area (Å²) in [5, 5.41) is 2.62. The smallest absolute Gasteiger partial charge is 0.0490 e. The first-order valence-corrected chi connectivity index (χ1v) is 6.88. The van der Waals surface area contributed by atoms with Crippen molar-refractivity contribution in [3.63, 3.8) is 0 Å². The fourth-order valence-electron chi connectivity index (χ4n) is 2.27. The first-order chi connectivity index (χ1) is 9.13. The van der Waals surface area contributed by atoms with Gasteiger partial charge in [0.25, 0.3) is 0 Å². The number of nitrogens with zero attached hydrogens (tertiary/aromatic N) is 1. The van der Waals surface area contributed by atoms with E-state index >= 15 is 0 Å². The Morgan fingerprint density at radius 1 is 1.00 bits per heavy atom. The molecule has 0 aliphatic rings. The molecule has 0 spiro atoms. The van der Waals surface area contributed by atoms with Gasteiger partial charge in [0.05, 0.1) is 0 Å². The molecule has 0 unspecified atom stereocenters. The summed E-state index contributed by atoms with van der Waals surface area (Å²) in [5.41, 5.74) is 3.56. The molecule has 3 heteroatoms. The van der Waals surface area contributed by atoms with Crippen molar-refractivity contribution in [2.75, 3.05) is 0 Å². The van der Waals surface area contributed by atoms with Crippen molar-refractivity contribution in [3.8, 4) is 0 Å². The van der Waals surface area contributed by atoms with Crippen LogP contribution in [-0.4, -0.2) is 4.57 Å². The summed E-state index contributed by atoms with van der Waals surface area (Å²) in [6, 6.07) is 14.2. The van der Waals surface area contributed by atoms with Crippen molar-refractivity contribution >= 4 is 34.1 Å². The lowest BCUT2D eigenvalue weighted by molar-refractivity contribution is 0.837. The summed E-state index contributed by atoms with van der Waals surface area (Å²) < 4.78 is 2.21. The maximum absolute atomic E-state index is 6.23. The van der Waals surface area contributed by atoms with Gasteiger partial charge in [0.15, 0.2) is 0 Å². The fourth-order valence-corrected chi connectivity index (χ4v) is 2.73. The Bertz CT molecular complexity index is 744. The molecule has 0 amide bonds. The Balaban J connectivity index is 2.03. The van der Waals surface area contributed by atoms with E-state index in [2.05, 4.69) is 42.0 Å². The van der Waals surface area contributed by atoms with Gasteiger partial charge in [-0.05, 0) is 47.7 Å². The molecule has 0 N–H and O–H groups in total. The number of aromatic nitrogens is 1. The predicted octanol–water partition coefficient (Wildman–Crippen LogP) is 5.30. The quantitative estimate of drug-likeness (QED) is 0.603. The number of benzene rings is 2. The van der Waals surface area contributed by atoms with Crippen molar-refractivity contribution < 1.29 is 0 Å². The normalized spacial score (nSPS) is 11.1. The maximum atomic E-state index is 6.23. The number of rotatable bonds is 2. The Labute approximate surface area is 122 Å². The molecule has 0 aliphatic heterocycles. The number of halogens is 2. The zero-order valence-electron chi connectivity index (χ0n) is 10.5. The largest absolute Gasteiger partial charge is 0.343 e. The molecular weight excluding hydrogens is 277 g/mol. The number of hydrogen-bond donors (Lipinski definition) is 0. The minimum Gasteiger partial charge on any atom is -0.343 e. The van der Waals surface area contributed by atoms with Crippen LogP contribution in [-0.2, 0) is 6.54 Å². The maximum Gasteiger partial charge on any atom is 0.0490 e. The highest BCUT2D eigenvalue weighted by Gasteiger charge is 2.05. The monoisotopic (exact) mass is 289 g/mol. The lowest BCUT2D eigenvalue weighted by Crippen LogP contribution is -1.98. The first-order valence-electron chi connectivity index (χ1n) is 6.13. The number of hydrogen-bond acceptors (Lipinski definition) is 0. The molecule has 0 bridgehead atoms. The second kappa shape index (κ2) is 4.92. The van der Waals surface area contributed by atoms with Gasteiger partial charge < -0.3 is 4.57 Å². The van der Waals surface area contributed by atoms with Gasteiger partial charge in [0.2, 0.25) is 0 Å². The molecule has 0 aliphatic carbocycles. The molecule has 19 heavy (non-hydrogen) atoms. The Morgan fingerprint density at radius 3 is 2.63 bits per heavy atom. The highest BCUT2D eigenvalue weighted by Crippen LogP contribution is 2.24. The van der Waals surface area contributed by atoms with Crippen LogP contribution in [0.15, 0.2) is 48.7 Å². The Morgan fingerprint density at radius 2 is 1.84 bits per heavy atom. The Kier molecular flexibility index (Phi) is 3.26. The van der Waals surface area contributed by atoms with Crippen LogP contribution in [0, 0.1) is 6.92 Å². The molecule has 0 radical (unpaired) electrons. The highest BCUT2D eigenvalue weighted by molar-refractivity contribution is 6.35. The third-order valence-electron chi connectivity index (χ3n) is 3.29. The van der Waals surface area contributed by atoms with Gasteiger partial charge in [0, 0.05) is 28.3 Å². The summed E-state index contributed by atoms with van der Waals surface area (Å²) in [6.07, 6.45) is 2.09. The summed E-state index contributed by atoms with van der Waals surface area (Å²) in [5.74, 6) is 0. The van der Waals surface area contributed by atoms with Crippen LogP contribution in [0.4, 0.5) is 0 Å². The molecule has 2 aromatic carbocycles. The van der Waals surface area contributed by atoms with Crippen molar-refractivity contribution in [2.45, 2.75) is 13.5 Å². The minimum absolute atomic E-state index is 0.668. The second-order valence-electron chi connectivity index (χ2n) is 4.74.